The average molecular weight is 692 g/mol. The van der Waals surface area contributed by atoms with E-state index in [-0.39, 0.29) is 29.6 Å². The zero-order valence-corrected chi connectivity index (χ0v) is 30.0. The Bertz CT molecular complexity index is 1470. The van der Waals surface area contributed by atoms with Gasteiger partial charge in [-0.2, -0.15) is 0 Å². The Kier molecular flexibility index (Phi) is 11.7. The number of unbranched alkanes of at least 4 members (excludes halogenated alkanes) is 1. The second kappa shape index (κ2) is 15.0. The van der Waals surface area contributed by atoms with Crippen LogP contribution in [0.15, 0.2) is 30.9 Å². The first kappa shape index (κ1) is 36.7. The third kappa shape index (κ3) is 9.28. The molecule has 0 unspecified atom stereocenters. The Balaban J connectivity index is 1.58. The zero-order valence-electron chi connectivity index (χ0n) is 28.5. The van der Waals surface area contributed by atoms with Gasteiger partial charge in [0.1, 0.15) is 29.9 Å². The third-order valence-electron chi connectivity index (χ3n) is 8.75. The maximum atomic E-state index is 14.4. The summed E-state index contributed by atoms with van der Waals surface area (Å²) in [7, 11) is 0. The van der Waals surface area contributed by atoms with E-state index in [9.17, 15) is 14.4 Å². The summed E-state index contributed by atoms with van der Waals surface area (Å²) in [4.78, 5) is 51.8. The molecule has 258 valence electrons. The Morgan fingerprint density at radius 2 is 1.81 bits per heavy atom. The van der Waals surface area contributed by atoms with Gasteiger partial charge >= 0.3 is 12.1 Å². The first-order valence-electron chi connectivity index (χ1n) is 16.4. The van der Waals surface area contributed by atoms with Crippen molar-refractivity contribution in [3.63, 3.8) is 0 Å². The van der Waals surface area contributed by atoms with E-state index in [0.29, 0.717) is 16.1 Å². The largest absolute Gasteiger partial charge is 0.470 e. The second-order valence-electron chi connectivity index (χ2n) is 14.7. The van der Waals surface area contributed by atoms with Crippen LogP contribution in [-0.2, 0) is 19.1 Å². The maximum absolute atomic E-state index is 14.4. The van der Waals surface area contributed by atoms with Gasteiger partial charge < -0.3 is 24.4 Å². The second-order valence-corrected chi connectivity index (χ2v) is 15.5. The van der Waals surface area contributed by atoms with E-state index in [2.05, 4.69) is 21.9 Å². The van der Waals surface area contributed by atoms with Gasteiger partial charge in [0.15, 0.2) is 5.15 Å². The summed E-state index contributed by atoms with van der Waals surface area (Å²) in [6.45, 7) is 16.5. The van der Waals surface area contributed by atoms with Crippen LogP contribution in [0, 0.1) is 17.3 Å². The number of fused-ring (bicyclic) bond motifs is 1. The van der Waals surface area contributed by atoms with Crippen molar-refractivity contribution in [2.24, 2.45) is 17.3 Å². The topological polar surface area (TPSA) is 120 Å². The number of carbonyl (C=O) groups excluding carboxylic acids is 3. The molecule has 1 N–H and O–H groups in total. The minimum atomic E-state index is -1.00. The van der Waals surface area contributed by atoms with Crippen LogP contribution in [-0.4, -0.2) is 69.3 Å². The lowest BCUT2D eigenvalue weighted by atomic mass is 9.85. The number of rotatable bonds is 10. The van der Waals surface area contributed by atoms with E-state index in [4.69, 9.17) is 37.4 Å². The number of hydrogen-bond donors (Lipinski definition) is 1. The van der Waals surface area contributed by atoms with Gasteiger partial charge in [0.25, 0.3) is 5.88 Å². The van der Waals surface area contributed by atoms with Crippen LogP contribution in [0.2, 0.25) is 10.2 Å². The fraction of sp³-hybridized carbons (Fsp3) is 0.629. The molecule has 10 nitrogen and oxygen atoms in total. The van der Waals surface area contributed by atoms with Gasteiger partial charge in [-0.15, -0.1) is 6.58 Å². The smallest absolute Gasteiger partial charge is 0.408 e. The summed E-state index contributed by atoms with van der Waals surface area (Å²) >= 11 is 12.6. The number of esters is 1. The van der Waals surface area contributed by atoms with Gasteiger partial charge in [0.2, 0.25) is 5.91 Å². The van der Waals surface area contributed by atoms with Crippen LogP contribution < -0.4 is 10.1 Å². The molecule has 2 aromatic rings. The molecule has 0 spiro atoms. The minimum absolute atomic E-state index is 0.0206. The minimum Gasteiger partial charge on any atom is -0.470 e. The number of carbonyl (C=O) groups is 3. The van der Waals surface area contributed by atoms with E-state index < -0.39 is 53.1 Å². The fourth-order valence-corrected chi connectivity index (χ4v) is 6.71. The normalized spacial score (nSPS) is 23.8. The Hall–Kier alpha value is -3.11. The summed E-state index contributed by atoms with van der Waals surface area (Å²) in [5.74, 6) is -1.21. The molecule has 1 aromatic carbocycles. The fourth-order valence-electron chi connectivity index (χ4n) is 6.36. The summed E-state index contributed by atoms with van der Waals surface area (Å²) < 4.78 is 18.0. The van der Waals surface area contributed by atoms with Crippen LogP contribution in [0.4, 0.5) is 4.79 Å². The van der Waals surface area contributed by atoms with E-state index in [1.165, 1.54) is 4.90 Å². The van der Waals surface area contributed by atoms with Gasteiger partial charge in [0.05, 0.1) is 17.6 Å². The van der Waals surface area contributed by atoms with E-state index in [1.54, 1.807) is 39.0 Å². The molecule has 1 aliphatic heterocycles. The number of nitrogens with one attached hydrogen (secondary N) is 1. The van der Waals surface area contributed by atoms with Crippen molar-refractivity contribution in [3.8, 4) is 5.88 Å². The van der Waals surface area contributed by atoms with Gasteiger partial charge in [-0.3, -0.25) is 4.79 Å². The lowest BCUT2D eigenvalue weighted by Crippen LogP contribution is -2.58. The highest BCUT2D eigenvalue weighted by Crippen LogP contribution is 2.36. The van der Waals surface area contributed by atoms with Crippen molar-refractivity contribution in [3.05, 3.63) is 41.0 Å². The molecule has 0 bridgehead atoms. The van der Waals surface area contributed by atoms with Gasteiger partial charge in [0, 0.05) is 10.9 Å². The number of aromatic nitrogens is 2. The lowest BCUT2D eigenvalue weighted by molar-refractivity contribution is -0.165. The van der Waals surface area contributed by atoms with Crippen LogP contribution in [0.5, 0.6) is 5.88 Å². The van der Waals surface area contributed by atoms with Gasteiger partial charge in [-0.05, 0) is 88.8 Å². The molecule has 1 aromatic heterocycles. The predicted molar refractivity (Wildman–Crippen MR) is 183 cm³/mol. The molecule has 2 fully saturated rings. The lowest BCUT2D eigenvalue weighted by Gasteiger charge is -2.36. The summed E-state index contributed by atoms with van der Waals surface area (Å²) in [5, 5.41) is 3.37. The summed E-state index contributed by atoms with van der Waals surface area (Å²) in [6.07, 6.45) is 5.99. The van der Waals surface area contributed by atoms with Crippen LogP contribution in [0.1, 0.15) is 87.0 Å². The summed E-state index contributed by atoms with van der Waals surface area (Å²) in [5.41, 5.74) is -0.491. The molecule has 6 atom stereocenters. The number of benzene rings is 1. The van der Waals surface area contributed by atoms with Crippen molar-refractivity contribution < 1.29 is 28.6 Å². The number of ether oxygens (including phenoxy) is 3. The van der Waals surface area contributed by atoms with E-state index in [0.717, 1.165) is 38.5 Å². The highest BCUT2D eigenvalue weighted by atomic mass is 35.5. The van der Waals surface area contributed by atoms with Crippen molar-refractivity contribution in [1.29, 1.82) is 0 Å². The Labute approximate surface area is 287 Å². The maximum Gasteiger partial charge on any atom is 0.408 e. The molecule has 47 heavy (non-hydrogen) atoms. The number of alkyl carbamates (subject to hydrolysis) is 1. The molecule has 12 heteroatoms. The van der Waals surface area contributed by atoms with E-state index in [1.807, 2.05) is 33.8 Å². The molecule has 4 rings (SSSR count). The first-order chi connectivity index (χ1) is 22.0. The van der Waals surface area contributed by atoms with Crippen molar-refractivity contribution in [2.75, 3.05) is 6.54 Å². The van der Waals surface area contributed by atoms with Crippen LogP contribution in [0.3, 0.4) is 0 Å². The highest BCUT2D eigenvalue weighted by molar-refractivity contribution is 6.32. The van der Waals surface area contributed by atoms with Crippen molar-refractivity contribution in [1.82, 2.24) is 20.2 Å². The molecular weight excluding hydrogens is 643 g/mol. The quantitative estimate of drug-likeness (QED) is 0.154. The molecule has 1 saturated carbocycles. The number of likely N-dealkylation sites (tertiary alicyclic amines) is 1. The Morgan fingerprint density at radius 3 is 2.47 bits per heavy atom. The molecule has 2 heterocycles. The summed E-state index contributed by atoms with van der Waals surface area (Å²) in [6, 6.07) is 3.05. The Morgan fingerprint density at radius 1 is 1.09 bits per heavy atom. The average Bonchev–Trinajstić information content (AvgIpc) is 3.54. The van der Waals surface area contributed by atoms with Crippen molar-refractivity contribution >= 4 is 52.2 Å². The molecule has 2 aliphatic rings. The molecule has 1 saturated heterocycles. The van der Waals surface area contributed by atoms with Crippen LogP contribution >= 0.6 is 23.2 Å². The van der Waals surface area contributed by atoms with Gasteiger partial charge in [-0.1, -0.05) is 57.0 Å². The highest BCUT2D eigenvalue weighted by Gasteiger charge is 2.51. The standard InChI is InChI=1S/C35H48Cl2N4O6/c1-9-10-11-13-21-14-12-15-25(21)46-33(44)40-28(34(3,4)5)31(42)41-19-26(20(2)27(41)32(43)47-35(6,7)8)45-30-29(37)38-23-17-16-22(36)18-24(23)39-30/h9,16-18,20-21,25-28H,1,10-15,19H2,2-8H3,(H,40,44)/t20-,21-,25-,26+,27+,28-/m1/s1. The number of amides is 2. The number of nitrogens with zero attached hydrogens (tertiary/aromatic N) is 3. The van der Waals surface area contributed by atoms with Gasteiger partial charge in [-0.25, -0.2) is 19.6 Å². The number of halogens is 2. The van der Waals surface area contributed by atoms with Crippen molar-refractivity contribution in [2.45, 2.75) is 117 Å². The molecule has 2 amide bonds. The first-order valence-corrected chi connectivity index (χ1v) is 17.1. The molecular formula is C35H48Cl2N4O6. The van der Waals surface area contributed by atoms with E-state index >= 15 is 0 Å². The SMILES string of the molecule is C=CCCC[C@@H]1CCC[C@H]1OC(=O)N[C@H](C(=O)N1C[C@H](Oc2nc3cc(Cl)ccc3nc2Cl)[C@@H](C)[C@H]1C(=O)OC(C)(C)C)C(C)(C)C. The monoisotopic (exact) mass is 690 g/mol. The number of allylic oxidation sites excluding steroid dienone is 1. The zero-order chi connectivity index (χ0) is 34.7. The molecule has 0 radical (unpaired) electrons. The molecule has 1 aliphatic carbocycles. The third-order valence-corrected chi connectivity index (χ3v) is 9.23. The predicted octanol–water partition coefficient (Wildman–Crippen LogP) is 7.54. The number of hydrogen-bond acceptors (Lipinski definition) is 8. The van der Waals surface area contributed by atoms with Crippen LogP contribution in [0.25, 0.3) is 11.0 Å².